The van der Waals surface area contributed by atoms with Crippen LogP contribution in [-0.2, 0) is 4.79 Å². The van der Waals surface area contributed by atoms with E-state index in [0.717, 1.165) is 0 Å². The van der Waals surface area contributed by atoms with Gasteiger partial charge in [0.15, 0.2) is 0 Å². The quantitative estimate of drug-likeness (QED) is 0.933. The number of aromatic nitrogens is 1. The smallest absolute Gasteiger partial charge is 0.326 e. The van der Waals surface area contributed by atoms with Crippen LogP contribution in [0.2, 0.25) is 5.02 Å². The van der Waals surface area contributed by atoms with Gasteiger partial charge in [0, 0.05) is 18.8 Å². The third-order valence-electron chi connectivity index (χ3n) is 3.80. The van der Waals surface area contributed by atoms with E-state index < -0.39 is 12.0 Å². The predicted molar refractivity (Wildman–Crippen MR) is 76.1 cm³/mol. The fraction of sp³-hybridized carbons (Fsp3) is 0.571. The summed E-state index contributed by atoms with van der Waals surface area (Å²) < 4.78 is 1.78. The van der Waals surface area contributed by atoms with Crippen LogP contribution in [0.25, 0.3) is 0 Å². The lowest BCUT2D eigenvalue weighted by Gasteiger charge is -2.24. The Hall–Kier alpha value is -1.49. The maximum atomic E-state index is 12.6. The van der Waals surface area contributed by atoms with E-state index in [1.54, 1.807) is 16.8 Å². The van der Waals surface area contributed by atoms with E-state index in [0.29, 0.717) is 23.7 Å². The maximum Gasteiger partial charge on any atom is 0.326 e. The number of hydrogen-bond acceptors (Lipinski definition) is 2. The Morgan fingerprint density at radius 1 is 1.45 bits per heavy atom. The molecule has 0 saturated carbocycles. The number of amides is 1. The van der Waals surface area contributed by atoms with Gasteiger partial charge in [-0.05, 0) is 32.3 Å². The summed E-state index contributed by atoms with van der Waals surface area (Å²) in [6.45, 7) is 6.24. The minimum Gasteiger partial charge on any atom is -0.480 e. The summed E-state index contributed by atoms with van der Waals surface area (Å²) >= 11 is 5.98. The predicted octanol–water partition coefficient (Wildman–Crippen LogP) is 2.66. The maximum absolute atomic E-state index is 12.6. The zero-order valence-corrected chi connectivity index (χ0v) is 12.6. The van der Waals surface area contributed by atoms with Gasteiger partial charge in [-0.3, -0.25) is 4.79 Å². The molecule has 1 aromatic heterocycles. The molecule has 1 fully saturated rings. The van der Waals surface area contributed by atoms with Crippen LogP contribution in [-0.4, -0.2) is 39.0 Å². The van der Waals surface area contributed by atoms with Crippen molar-refractivity contribution in [2.45, 2.75) is 39.3 Å². The number of halogens is 1. The van der Waals surface area contributed by atoms with Crippen LogP contribution in [0.1, 0.15) is 43.7 Å². The monoisotopic (exact) mass is 298 g/mol. The summed E-state index contributed by atoms with van der Waals surface area (Å²) in [7, 11) is 0. The van der Waals surface area contributed by atoms with Crippen molar-refractivity contribution < 1.29 is 14.7 Å². The molecule has 1 aliphatic rings. The largest absolute Gasteiger partial charge is 0.480 e. The van der Waals surface area contributed by atoms with Crippen LogP contribution < -0.4 is 0 Å². The van der Waals surface area contributed by atoms with Gasteiger partial charge in [-0.1, -0.05) is 18.5 Å². The molecule has 2 atom stereocenters. The van der Waals surface area contributed by atoms with Gasteiger partial charge in [0.05, 0.1) is 5.02 Å². The summed E-state index contributed by atoms with van der Waals surface area (Å²) in [6, 6.07) is 0.938. The Bertz CT molecular complexity index is 539. The van der Waals surface area contributed by atoms with Crippen LogP contribution in [0.3, 0.4) is 0 Å². The van der Waals surface area contributed by atoms with E-state index in [1.165, 1.54) is 4.90 Å². The molecular weight excluding hydrogens is 280 g/mol. The summed E-state index contributed by atoms with van der Waals surface area (Å²) in [5.41, 5.74) is 0.449. The molecule has 0 spiro atoms. The highest BCUT2D eigenvalue weighted by Gasteiger charge is 2.40. The van der Waals surface area contributed by atoms with Crippen molar-refractivity contribution in [1.82, 2.24) is 9.47 Å². The van der Waals surface area contributed by atoms with Crippen molar-refractivity contribution >= 4 is 23.5 Å². The standard InChI is InChI=1S/C14H19ClN2O3/c1-8(2)17-7-10(15)6-11(17)13(18)16-5-4-9(3)12(16)14(19)20/h6-9,12H,4-5H2,1-3H3,(H,19,20). The molecule has 0 aromatic carbocycles. The number of rotatable bonds is 3. The van der Waals surface area contributed by atoms with Crippen LogP contribution in [0.4, 0.5) is 0 Å². The van der Waals surface area contributed by atoms with Gasteiger partial charge in [-0.2, -0.15) is 0 Å². The Morgan fingerprint density at radius 2 is 2.10 bits per heavy atom. The number of carboxylic acid groups (broad SMARTS) is 1. The Kier molecular flexibility index (Phi) is 4.09. The first kappa shape index (κ1) is 14.9. The van der Waals surface area contributed by atoms with Crippen molar-refractivity contribution in [2.75, 3.05) is 6.54 Å². The van der Waals surface area contributed by atoms with Crippen molar-refractivity contribution in [3.63, 3.8) is 0 Å². The van der Waals surface area contributed by atoms with E-state index in [4.69, 9.17) is 11.6 Å². The first-order valence-corrected chi connectivity index (χ1v) is 7.12. The van der Waals surface area contributed by atoms with Crippen LogP contribution in [0, 0.1) is 5.92 Å². The number of nitrogens with zero attached hydrogens (tertiary/aromatic N) is 2. The lowest BCUT2D eigenvalue weighted by atomic mass is 10.0. The van der Waals surface area contributed by atoms with Gasteiger partial charge in [-0.15, -0.1) is 0 Å². The van der Waals surface area contributed by atoms with Gasteiger partial charge >= 0.3 is 5.97 Å². The van der Waals surface area contributed by atoms with Crippen molar-refractivity contribution in [2.24, 2.45) is 5.92 Å². The van der Waals surface area contributed by atoms with Gasteiger partial charge in [0.25, 0.3) is 5.91 Å². The number of carbonyl (C=O) groups is 2. The first-order chi connectivity index (χ1) is 9.32. The van der Waals surface area contributed by atoms with Crippen molar-refractivity contribution in [3.8, 4) is 0 Å². The fourth-order valence-corrected chi connectivity index (χ4v) is 2.95. The van der Waals surface area contributed by atoms with Crippen LogP contribution in [0.5, 0.6) is 0 Å². The topological polar surface area (TPSA) is 62.5 Å². The summed E-state index contributed by atoms with van der Waals surface area (Å²) in [5.74, 6) is -1.24. The van der Waals surface area contributed by atoms with Gasteiger partial charge in [0.2, 0.25) is 0 Å². The lowest BCUT2D eigenvalue weighted by Crippen LogP contribution is -2.43. The Labute approximate surface area is 123 Å². The lowest BCUT2D eigenvalue weighted by molar-refractivity contribution is -0.142. The summed E-state index contributed by atoms with van der Waals surface area (Å²) in [4.78, 5) is 25.4. The summed E-state index contributed by atoms with van der Waals surface area (Å²) in [6.07, 6.45) is 2.41. The molecule has 2 heterocycles. The molecular formula is C14H19ClN2O3. The van der Waals surface area contributed by atoms with Crippen molar-refractivity contribution in [3.05, 3.63) is 23.0 Å². The molecule has 1 amide bonds. The third-order valence-corrected chi connectivity index (χ3v) is 4.01. The molecule has 1 N–H and O–H groups in total. The SMILES string of the molecule is CC1CCN(C(=O)c2cc(Cl)cn2C(C)C)C1C(=O)O. The highest BCUT2D eigenvalue weighted by Crippen LogP contribution is 2.28. The Morgan fingerprint density at radius 3 is 2.65 bits per heavy atom. The molecule has 5 nitrogen and oxygen atoms in total. The number of hydrogen-bond donors (Lipinski definition) is 1. The third kappa shape index (κ3) is 2.54. The van der Waals surface area contributed by atoms with E-state index in [2.05, 4.69) is 0 Å². The molecule has 6 heteroatoms. The molecule has 1 aromatic rings. The van der Waals surface area contributed by atoms with Gasteiger partial charge in [0.1, 0.15) is 11.7 Å². The molecule has 20 heavy (non-hydrogen) atoms. The van der Waals surface area contributed by atoms with Crippen molar-refractivity contribution in [1.29, 1.82) is 0 Å². The van der Waals surface area contributed by atoms with E-state index in [1.807, 2.05) is 20.8 Å². The highest BCUT2D eigenvalue weighted by atomic mass is 35.5. The van der Waals surface area contributed by atoms with Gasteiger partial charge in [-0.25, -0.2) is 4.79 Å². The molecule has 1 aliphatic heterocycles. The zero-order chi connectivity index (χ0) is 15.0. The number of aliphatic carboxylic acids is 1. The minimum absolute atomic E-state index is 0.0330. The zero-order valence-electron chi connectivity index (χ0n) is 11.8. The molecule has 110 valence electrons. The molecule has 1 saturated heterocycles. The van der Waals surface area contributed by atoms with Crippen LogP contribution in [0.15, 0.2) is 12.3 Å². The molecule has 2 rings (SSSR count). The van der Waals surface area contributed by atoms with E-state index in [9.17, 15) is 14.7 Å². The Balaban J connectivity index is 2.34. The van der Waals surface area contributed by atoms with Crippen LogP contribution >= 0.6 is 11.6 Å². The number of carboxylic acids is 1. The summed E-state index contributed by atoms with van der Waals surface area (Å²) in [5, 5.41) is 9.79. The number of likely N-dealkylation sites (tertiary alicyclic amines) is 1. The highest BCUT2D eigenvalue weighted by molar-refractivity contribution is 6.31. The molecule has 0 bridgehead atoms. The first-order valence-electron chi connectivity index (χ1n) is 6.74. The molecule has 0 aliphatic carbocycles. The fourth-order valence-electron chi connectivity index (χ4n) is 2.74. The van der Waals surface area contributed by atoms with E-state index >= 15 is 0 Å². The minimum atomic E-state index is -0.947. The average molecular weight is 299 g/mol. The average Bonchev–Trinajstić information content (AvgIpc) is 2.91. The number of carbonyl (C=O) groups excluding carboxylic acids is 1. The van der Waals surface area contributed by atoms with E-state index in [-0.39, 0.29) is 17.9 Å². The second kappa shape index (κ2) is 5.48. The molecule has 2 unspecified atom stereocenters. The second-order valence-electron chi connectivity index (χ2n) is 5.59. The second-order valence-corrected chi connectivity index (χ2v) is 6.03. The molecule has 0 radical (unpaired) electrons. The van der Waals surface area contributed by atoms with Gasteiger partial charge < -0.3 is 14.6 Å². The normalized spacial score (nSPS) is 22.6.